The Bertz CT molecular complexity index is 385. The van der Waals surface area contributed by atoms with Gasteiger partial charge in [0.05, 0.1) is 6.26 Å². The normalized spacial score (nSPS) is 22.9. The van der Waals surface area contributed by atoms with E-state index in [1.807, 2.05) is 42.5 Å². The van der Waals surface area contributed by atoms with E-state index in [1.165, 1.54) is 11.8 Å². The predicted molar refractivity (Wildman–Crippen MR) is 57.0 cm³/mol. The van der Waals surface area contributed by atoms with Crippen LogP contribution in [-0.2, 0) is 0 Å². The first-order valence-corrected chi connectivity index (χ1v) is 4.57. The maximum atomic E-state index is 9.07. The van der Waals surface area contributed by atoms with E-state index in [0.717, 1.165) is 5.57 Å². The highest BCUT2D eigenvalue weighted by Gasteiger charge is 2.12. The lowest BCUT2D eigenvalue weighted by Gasteiger charge is -2.15. The van der Waals surface area contributed by atoms with E-state index < -0.39 is 0 Å². The number of aliphatic hydroxyl groups is 1. The van der Waals surface area contributed by atoms with Crippen molar-refractivity contribution in [1.82, 2.24) is 0 Å². The highest BCUT2D eigenvalue weighted by molar-refractivity contribution is 5.42. The predicted octanol–water partition coefficient (Wildman–Crippen LogP) is 3.14. The van der Waals surface area contributed by atoms with E-state index in [0.29, 0.717) is 0 Å². The molecule has 0 heterocycles. The van der Waals surface area contributed by atoms with Crippen LogP contribution in [0, 0.1) is 6.07 Å². The van der Waals surface area contributed by atoms with Crippen LogP contribution in [-0.4, -0.2) is 5.11 Å². The number of rotatable bonds is 1. The van der Waals surface area contributed by atoms with Gasteiger partial charge in [-0.1, -0.05) is 48.6 Å². The van der Waals surface area contributed by atoms with Crippen molar-refractivity contribution in [3.05, 3.63) is 72.0 Å². The molecule has 0 spiro atoms. The van der Waals surface area contributed by atoms with Gasteiger partial charge in [-0.15, -0.1) is 0 Å². The Morgan fingerprint density at radius 2 is 2.00 bits per heavy atom. The summed E-state index contributed by atoms with van der Waals surface area (Å²) in [5, 5.41) is 9.07. The average Bonchev–Trinajstić information content (AvgIpc) is 2.30. The van der Waals surface area contributed by atoms with Gasteiger partial charge in [-0.25, -0.2) is 0 Å². The number of hydrogen-bond acceptors (Lipinski definition) is 1. The fourth-order valence-electron chi connectivity index (χ4n) is 1.59. The summed E-state index contributed by atoms with van der Waals surface area (Å²) in [4.78, 5) is 0. The number of benzene rings is 1. The molecule has 1 heteroatoms. The molecule has 69 valence electrons. The lowest BCUT2D eigenvalue weighted by atomic mass is 9.89. The molecule has 0 fully saturated rings. The van der Waals surface area contributed by atoms with Crippen molar-refractivity contribution in [2.24, 2.45) is 0 Å². The van der Waals surface area contributed by atoms with Gasteiger partial charge < -0.3 is 5.11 Å². The summed E-state index contributed by atoms with van der Waals surface area (Å²) in [6.07, 6.45) is 9.07. The highest BCUT2D eigenvalue weighted by Crippen LogP contribution is 2.28. The minimum Gasteiger partial charge on any atom is -0.515 e. The van der Waals surface area contributed by atoms with Gasteiger partial charge in [-0.3, -0.25) is 0 Å². The van der Waals surface area contributed by atoms with Crippen molar-refractivity contribution in [3.63, 3.8) is 0 Å². The number of aliphatic hydroxyl groups excluding tert-OH is 1. The van der Waals surface area contributed by atoms with Gasteiger partial charge in [-0.2, -0.15) is 0 Å². The molecule has 0 bridgehead atoms. The third kappa shape index (κ3) is 1.62. The molecule has 1 N–H and O–H groups in total. The van der Waals surface area contributed by atoms with Crippen LogP contribution in [0.15, 0.2) is 60.4 Å². The summed E-state index contributed by atoms with van der Waals surface area (Å²) in [5.41, 5.74) is 2.09. The standard InChI is InChI=1S/C13H11O/c14-10-12-8-4-5-9-13(12)11-6-2-1-3-7-11/h2-10,13-14H/b12-10+. The lowest BCUT2D eigenvalue weighted by Crippen LogP contribution is -2.00. The van der Waals surface area contributed by atoms with Crippen molar-refractivity contribution >= 4 is 0 Å². The Labute approximate surface area is 83.7 Å². The smallest absolute Gasteiger partial charge is 0.0833 e. The van der Waals surface area contributed by atoms with Crippen LogP contribution in [0.1, 0.15) is 11.5 Å². The van der Waals surface area contributed by atoms with Gasteiger partial charge in [0.2, 0.25) is 0 Å². The fraction of sp³-hybridized carbons (Fsp3) is 0.0769. The van der Waals surface area contributed by atoms with Crippen LogP contribution in [0.25, 0.3) is 0 Å². The summed E-state index contributed by atoms with van der Waals surface area (Å²) >= 11 is 0. The van der Waals surface area contributed by atoms with Gasteiger partial charge in [-0.05, 0) is 17.2 Å². The monoisotopic (exact) mass is 183 g/mol. The summed E-state index contributed by atoms with van der Waals surface area (Å²) < 4.78 is 0. The van der Waals surface area contributed by atoms with E-state index in [2.05, 4.69) is 12.1 Å². The van der Waals surface area contributed by atoms with Crippen LogP contribution in [0.5, 0.6) is 0 Å². The molecule has 1 atom stereocenters. The summed E-state index contributed by atoms with van der Waals surface area (Å²) in [6.45, 7) is 0. The minimum absolute atomic E-state index is 0.166. The molecular weight excluding hydrogens is 172 g/mol. The molecular formula is C13H11O. The minimum atomic E-state index is 0.166. The first-order chi connectivity index (χ1) is 6.92. The van der Waals surface area contributed by atoms with Crippen LogP contribution in [0.3, 0.4) is 0 Å². The second-order valence-electron chi connectivity index (χ2n) is 3.18. The average molecular weight is 183 g/mol. The molecule has 1 aromatic carbocycles. The first kappa shape index (κ1) is 8.82. The van der Waals surface area contributed by atoms with Gasteiger partial charge in [0.1, 0.15) is 0 Å². The second-order valence-corrected chi connectivity index (χ2v) is 3.18. The molecule has 0 saturated carbocycles. The Hall–Kier alpha value is -1.76. The molecule has 0 aliphatic heterocycles. The van der Waals surface area contributed by atoms with E-state index >= 15 is 0 Å². The highest BCUT2D eigenvalue weighted by atomic mass is 16.2. The molecule has 1 unspecified atom stereocenters. The summed E-state index contributed by atoms with van der Waals surface area (Å²) in [5.74, 6) is 0.166. The zero-order chi connectivity index (χ0) is 9.80. The number of allylic oxidation sites excluding steroid dienone is 5. The van der Waals surface area contributed by atoms with E-state index in [4.69, 9.17) is 5.11 Å². The first-order valence-electron chi connectivity index (χ1n) is 4.57. The van der Waals surface area contributed by atoms with Crippen LogP contribution in [0.2, 0.25) is 0 Å². The molecule has 0 amide bonds. The quantitative estimate of drug-likeness (QED) is 0.663. The van der Waals surface area contributed by atoms with Gasteiger partial charge >= 0.3 is 0 Å². The van der Waals surface area contributed by atoms with Crippen molar-refractivity contribution in [3.8, 4) is 0 Å². The van der Waals surface area contributed by atoms with Crippen molar-refractivity contribution < 1.29 is 5.11 Å². The Morgan fingerprint density at radius 3 is 2.71 bits per heavy atom. The zero-order valence-corrected chi connectivity index (χ0v) is 7.72. The maximum Gasteiger partial charge on any atom is 0.0833 e. The Balaban J connectivity index is 2.35. The van der Waals surface area contributed by atoms with Crippen LogP contribution in [0.4, 0.5) is 0 Å². The van der Waals surface area contributed by atoms with Gasteiger partial charge in [0.25, 0.3) is 0 Å². The fourth-order valence-corrected chi connectivity index (χ4v) is 1.59. The van der Waals surface area contributed by atoms with Gasteiger partial charge in [0, 0.05) is 5.92 Å². The Kier molecular flexibility index (Phi) is 2.50. The molecule has 1 aromatic rings. The molecule has 1 aliphatic rings. The Morgan fingerprint density at radius 1 is 1.21 bits per heavy atom. The summed E-state index contributed by atoms with van der Waals surface area (Å²) in [6, 6.07) is 10.8. The maximum absolute atomic E-state index is 9.07. The van der Waals surface area contributed by atoms with E-state index in [9.17, 15) is 0 Å². The molecule has 1 aliphatic carbocycles. The molecule has 1 radical (unpaired) electrons. The van der Waals surface area contributed by atoms with E-state index in [1.54, 1.807) is 0 Å². The van der Waals surface area contributed by atoms with E-state index in [-0.39, 0.29) is 5.92 Å². The molecule has 0 saturated heterocycles. The number of hydrogen-bond donors (Lipinski definition) is 1. The topological polar surface area (TPSA) is 20.2 Å². The SMILES string of the molecule is O/C=C1\C=CC=CC1c1cc[c]cc1. The van der Waals surface area contributed by atoms with Crippen LogP contribution < -0.4 is 0 Å². The molecule has 1 nitrogen and oxygen atoms in total. The molecule has 14 heavy (non-hydrogen) atoms. The molecule has 2 rings (SSSR count). The van der Waals surface area contributed by atoms with Gasteiger partial charge in [0.15, 0.2) is 0 Å². The third-order valence-electron chi connectivity index (χ3n) is 2.31. The van der Waals surface area contributed by atoms with Crippen LogP contribution >= 0.6 is 0 Å². The van der Waals surface area contributed by atoms with Crippen molar-refractivity contribution in [2.45, 2.75) is 5.92 Å². The lowest BCUT2D eigenvalue weighted by molar-refractivity contribution is 0.466. The van der Waals surface area contributed by atoms with Crippen molar-refractivity contribution in [2.75, 3.05) is 0 Å². The van der Waals surface area contributed by atoms with Crippen molar-refractivity contribution in [1.29, 1.82) is 0 Å². The zero-order valence-electron chi connectivity index (χ0n) is 7.72. The summed E-state index contributed by atoms with van der Waals surface area (Å²) in [7, 11) is 0. The second kappa shape index (κ2) is 3.97. The third-order valence-corrected chi connectivity index (χ3v) is 2.31. The molecule has 0 aromatic heterocycles. The largest absolute Gasteiger partial charge is 0.515 e.